The van der Waals surface area contributed by atoms with E-state index in [1.165, 1.54) is 11.1 Å². The van der Waals surface area contributed by atoms with Crippen molar-refractivity contribution in [3.8, 4) is 5.75 Å². The summed E-state index contributed by atoms with van der Waals surface area (Å²) in [7, 11) is 1.71. The van der Waals surface area contributed by atoms with Crippen LogP contribution in [-0.2, 0) is 13.1 Å². The molecular formula is C15H19N3O. The van der Waals surface area contributed by atoms with Gasteiger partial charge in [-0.15, -0.1) is 0 Å². The molecule has 2 aromatic rings. The van der Waals surface area contributed by atoms with Crippen molar-refractivity contribution in [1.29, 1.82) is 0 Å². The molecule has 0 fully saturated rings. The van der Waals surface area contributed by atoms with Gasteiger partial charge in [0, 0.05) is 13.1 Å². The third kappa shape index (κ3) is 2.02. The molecule has 1 aliphatic rings. The molecule has 2 heterocycles. The number of aromatic nitrogens is 2. The topological polar surface area (TPSA) is 39.1 Å². The maximum absolute atomic E-state index is 5.48. The largest absolute Gasteiger partial charge is 0.493 e. The van der Waals surface area contributed by atoms with Crippen molar-refractivity contribution in [2.45, 2.75) is 32.5 Å². The Labute approximate surface area is 113 Å². The fourth-order valence-corrected chi connectivity index (χ4v) is 2.76. The van der Waals surface area contributed by atoms with Gasteiger partial charge in [0.25, 0.3) is 0 Å². The highest BCUT2D eigenvalue weighted by molar-refractivity contribution is 5.43. The summed E-state index contributed by atoms with van der Waals surface area (Å²) in [5, 5.41) is 8.00. The van der Waals surface area contributed by atoms with Crippen LogP contribution in [0.3, 0.4) is 0 Å². The van der Waals surface area contributed by atoms with Crippen molar-refractivity contribution in [2.24, 2.45) is 0 Å². The van der Waals surface area contributed by atoms with E-state index in [0.717, 1.165) is 31.0 Å². The molecule has 0 spiro atoms. The van der Waals surface area contributed by atoms with Gasteiger partial charge in [-0.3, -0.25) is 4.68 Å². The molecule has 4 nitrogen and oxygen atoms in total. The van der Waals surface area contributed by atoms with Gasteiger partial charge >= 0.3 is 0 Å². The second kappa shape index (κ2) is 5.05. The van der Waals surface area contributed by atoms with Crippen molar-refractivity contribution in [1.82, 2.24) is 15.1 Å². The lowest BCUT2D eigenvalue weighted by Gasteiger charge is -2.16. The molecule has 3 rings (SSSR count). The third-order valence-electron chi connectivity index (χ3n) is 3.64. The highest BCUT2D eigenvalue weighted by atomic mass is 16.5. The lowest BCUT2D eigenvalue weighted by molar-refractivity contribution is 0.400. The molecule has 1 atom stereocenters. The van der Waals surface area contributed by atoms with E-state index in [1.807, 2.05) is 6.20 Å². The number of fused-ring (bicyclic) bond motifs is 1. The minimum absolute atomic E-state index is 0.181. The molecule has 1 aliphatic heterocycles. The Balaban J connectivity index is 2.05. The number of methoxy groups -OCH3 is 1. The van der Waals surface area contributed by atoms with Gasteiger partial charge in [-0.2, -0.15) is 5.10 Å². The van der Waals surface area contributed by atoms with Crippen LogP contribution in [0.15, 0.2) is 30.5 Å². The number of hydrogen-bond donors (Lipinski definition) is 1. The first-order valence-electron chi connectivity index (χ1n) is 6.76. The summed E-state index contributed by atoms with van der Waals surface area (Å²) in [5.41, 5.74) is 3.83. The lowest BCUT2D eigenvalue weighted by atomic mass is 10.0. The molecule has 1 aromatic carbocycles. The maximum atomic E-state index is 5.48. The Bertz CT molecular complexity index is 577. The van der Waals surface area contributed by atoms with Crippen LogP contribution >= 0.6 is 0 Å². The van der Waals surface area contributed by atoms with Crippen LogP contribution in [0.4, 0.5) is 0 Å². The molecule has 0 saturated carbocycles. The summed E-state index contributed by atoms with van der Waals surface area (Å²) in [5.74, 6) is 0.864. The van der Waals surface area contributed by atoms with Gasteiger partial charge in [-0.1, -0.05) is 31.2 Å². The Kier molecular flexibility index (Phi) is 3.25. The van der Waals surface area contributed by atoms with E-state index in [-0.39, 0.29) is 6.04 Å². The predicted octanol–water partition coefficient (Wildman–Crippen LogP) is 2.49. The highest BCUT2D eigenvalue weighted by Gasteiger charge is 2.28. The van der Waals surface area contributed by atoms with Gasteiger partial charge in [-0.05, 0) is 17.5 Å². The Hall–Kier alpha value is -1.81. The normalized spacial score (nSPS) is 17.5. The first kappa shape index (κ1) is 12.2. The quantitative estimate of drug-likeness (QED) is 0.914. The van der Waals surface area contributed by atoms with E-state index in [2.05, 4.69) is 46.3 Å². The molecule has 0 radical (unpaired) electrons. The van der Waals surface area contributed by atoms with E-state index in [1.54, 1.807) is 7.11 Å². The minimum Gasteiger partial charge on any atom is -0.493 e. The number of benzene rings is 1. The first-order valence-corrected chi connectivity index (χ1v) is 6.76. The van der Waals surface area contributed by atoms with Gasteiger partial charge < -0.3 is 10.1 Å². The molecule has 100 valence electrons. The second-order valence-electron chi connectivity index (χ2n) is 4.83. The van der Waals surface area contributed by atoms with E-state index in [0.29, 0.717) is 0 Å². The van der Waals surface area contributed by atoms with Gasteiger partial charge in [0.05, 0.1) is 19.3 Å². The van der Waals surface area contributed by atoms with E-state index < -0.39 is 0 Å². The third-order valence-corrected chi connectivity index (χ3v) is 3.64. The number of nitrogens with one attached hydrogen (secondary N) is 1. The molecule has 1 unspecified atom stereocenters. The van der Waals surface area contributed by atoms with Crippen LogP contribution < -0.4 is 10.1 Å². The van der Waals surface area contributed by atoms with Crippen LogP contribution in [0, 0.1) is 0 Å². The van der Waals surface area contributed by atoms with Crippen LogP contribution in [0.1, 0.15) is 36.2 Å². The number of aryl methyl sites for hydroxylation is 1. The molecular weight excluding hydrogens is 238 g/mol. The fourth-order valence-electron chi connectivity index (χ4n) is 2.76. The van der Waals surface area contributed by atoms with Gasteiger partial charge in [0.15, 0.2) is 5.75 Å². The predicted molar refractivity (Wildman–Crippen MR) is 74.2 cm³/mol. The standard InChI is InChI=1S/C15H19N3O/c1-3-8-18-15(13(19-2)10-17-18)14-12-7-5-4-6-11(12)9-16-14/h4-7,10,14,16H,3,8-9H2,1-2H3. The zero-order valence-corrected chi connectivity index (χ0v) is 11.4. The summed E-state index contributed by atoms with van der Waals surface area (Å²) in [6.45, 7) is 3.98. The van der Waals surface area contributed by atoms with Crippen LogP contribution in [0.25, 0.3) is 0 Å². The molecule has 4 heteroatoms. The van der Waals surface area contributed by atoms with Crippen molar-refractivity contribution in [3.05, 3.63) is 47.3 Å². The molecule has 0 saturated heterocycles. The minimum atomic E-state index is 0.181. The molecule has 0 aliphatic carbocycles. The molecule has 1 aromatic heterocycles. The van der Waals surface area contributed by atoms with Crippen LogP contribution in [0.2, 0.25) is 0 Å². The molecule has 19 heavy (non-hydrogen) atoms. The van der Waals surface area contributed by atoms with Gasteiger partial charge in [0.2, 0.25) is 0 Å². The van der Waals surface area contributed by atoms with Crippen LogP contribution in [0.5, 0.6) is 5.75 Å². The number of rotatable bonds is 4. The molecule has 1 N–H and O–H groups in total. The SMILES string of the molecule is CCCn1ncc(OC)c1C1NCc2ccccc21. The number of nitrogens with zero attached hydrogens (tertiary/aromatic N) is 2. The monoisotopic (exact) mass is 257 g/mol. The average molecular weight is 257 g/mol. The first-order chi connectivity index (χ1) is 9.35. The summed E-state index contributed by atoms with van der Waals surface area (Å²) in [6, 6.07) is 8.72. The Morgan fingerprint density at radius 1 is 1.42 bits per heavy atom. The van der Waals surface area contributed by atoms with Crippen LogP contribution in [-0.4, -0.2) is 16.9 Å². The summed E-state index contributed by atoms with van der Waals surface area (Å²) in [6.07, 6.45) is 2.87. The van der Waals surface area contributed by atoms with Crippen molar-refractivity contribution < 1.29 is 4.74 Å². The number of ether oxygens (including phenoxy) is 1. The van der Waals surface area contributed by atoms with Crippen molar-refractivity contribution in [3.63, 3.8) is 0 Å². The summed E-state index contributed by atoms with van der Waals surface area (Å²) >= 11 is 0. The van der Waals surface area contributed by atoms with E-state index in [4.69, 9.17) is 4.74 Å². The molecule has 0 bridgehead atoms. The van der Waals surface area contributed by atoms with Gasteiger partial charge in [0.1, 0.15) is 5.69 Å². The van der Waals surface area contributed by atoms with Crippen molar-refractivity contribution >= 4 is 0 Å². The second-order valence-corrected chi connectivity index (χ2v) is 4.83. The number of hydrogen-bond acceptors (Lipinski definition) is 3. The lowest BCUT2D eigenvalue weighted by Crippen LogP contribution is -2.19. The molecule has 0 amide bonds. The average Bonchev–Trinajstić information content (AvgIpc) is 3.02. The maximum Gasteiger partial charge on any atom is 0.161 e. The van der Waals surface area contributed by atoms with E-state index >= 15 is 0 Å². The highest BCUT2D eigenvalue weighted by Crippen LogP contribution is 2.35. The Morgan fingerprint density at radius 3 is 3.05 bits per heavy atom. The Morgan fingerprint density at radius 2 is 2.26 bits per heavy atom. The van der Waals surface area contributed by atoms with E-state index in [9.17, 15) is 0 Å². The zero-order valence-electron chi connectivity index (χ0n) is 11.4. The summed E-state index contributed by atoms with van der Waals surface area (Å²) in [4.78, 5) is 0. The van der Waals surface area contributed by atoms with Gasteiger partial charge in [-0.25, -0.2) is 0 Å². The summed E-state index contributed by atoms with van der Waals surface area (Å²) < 4.78 is 7.53. The smallest absolute Gasteiger partial charge is 0.161 e. The fraction of sp³-hybridized carbons (Fsp3) is 0.400. The van der Waals surface area contributed by atoms with Crippen molar-refractivity contribution in [2.75, 3.05) is 7.11 Å². The zero-order chi connectivity index (χ0) is 13.2.